The van der Waals surface area contributed by atoms with E-state index < -0.39 is 4.92 Å². The molecule has 7 heteroatoms. The van der Waals surface area contributed by atoms with Gasteiger partial charge in [-0.1, -0.05) is 27.5 Å². The van der Waals surface area contributed by atoms with E-state index in [-0.39, 0.29) is 16.0 Å². The van der Waals surface area contributed by atoms with Crippen molar-refractivity contribution in [3.8, 4) is 0 Å². The highest BCUT2D eigenvalue weighted by atomic mass is 79.9. The van der Waals surface area contributed by atoms with Crippen LogP contribution in [0, 0.1) is 10.1 Å². The second-order valence-electron chi connectivity index (χ2n) is 2.13. The molecule has 0 unspecified atom stereocenters. The highest BCUT2D eigenvalue weighted by Crippen LogP contribution is 2.27. The lowest BCUT2D eigenvalue weighted by molar-refractivity contribution is -0.390. The molecule has 0 aliphatic heterocycles. The second-order valence-corrected chi connectivity index (χ2v) is 3.46. The van der Waals surface area contributed by atoms with Crippen LogP contribution in [0.2, 0.25) is 10.2 Å². The van der Waals surface area contributed by atoms with Crippen molar-refractivity contribution in [2.24, 2.45) is 0 Å². The van der Waals surface area contributed by atoms with Gasteiger partial charge in [0.1, 0.15) is 5.02 Å². The lowest BCUT2D eigenvalue weighted by Crippen LogP contribution is -1.97. The molecule has 0 aliphatic rings. The summed E-state index contributed by atoms with van der Waals surface area (Å²) in [5.74, 6) is -0.272. The van der Waals surface area contributed by atoms with Gasteiger partial charge in [-0.3, -0.25) is 0 Å². The minimum Gasteiger partial charge on any atom is -0.358 e. The average molecular weight is 286 g/mol. The number of rotatable bonds is 2. The monoisotopic (exact) mass is 284 g/mol. The van der Waals surface area contributed by atoms with E-state index in [4.69, 9.17) is 23.2 Å². The van der Waals surface area contributed by atoms with Crippen LogP contribution in [0.1, 0.15) is 5.56 Å². The topological polar surface area (TPSA) is 56.0 Å². The van der Waals surface area contributed by atoms with Gasteiger partial charge in [-0.25, -0.2) is 0 Å². The van der Waals surface area contributed by atoms with Crippen LogP contribution in [-0.4, -0.2) is 9.91 Å². The average Bonchev–Trinajstić information content (AvgIpc) is 2.08. The number of halogens is 3. The number of hydrogen-bond donors (Lipinski definition) is 0. The first-order chi connectivity index (χ1) is 6.06. The fourth-order valence-electron chi connectivity index (χ4n) is 0.752. The number of nitro groups is 1. The predicted octanol–water partition coefficient (Wildman–Crippen LogP) is 3.19. The first-order valence-corrected chi connectivity index (χ1v) is 4.99. The molecule has 0 radical (unpaired) electrons. The largest absolute Gasteiger partial charge is 0.369 e. The number of pyridine rings is 1. The molecule has 70 valence electrons. The molecule has 0 bridgehead atoms. The zero-order valence-electron chi connectivity index (χ0n) is 6.13. The molecule has 0 saturated carbocycles. The summed E-state index contributed by atoms with van der Waals surface area (Å²) < 4.78 is 0. The molecule has 13 heavy (non-hydrogen) atoms. The predicted molar refractivity (Wildman–Crippen MR) is 53.5 cm³/mol. The lowest BCUT2D eigenvalue weighted by Gasteiger charge is -1.99. The van der Waals surface area contributed by atoms with Gasteiger partial charge in [0.2, 0.25) is 0 Å². The van der Waals surface area contributed by atoms with Crippen molar-refractivity contribution in [3.05, 3.63) is 31.9 Å². The van der Waals surface area contributed by atoms with E-state index in [0.717, 1.165) is 0 Å². The molecule has 0 spiro atoms. The molecule has 0 N–H and O–H groups in total. The molecular weight excluding hydrogens is 283 g/mol. The number of nitrogens with zero attached hydrogens (tertiary/aromatic N) is 2. The Labute approximate surface area is 92.1 Å². The van der Waals surface area contributed by atoms with Gasteiger partial charge in [-0.05, 0) is 27.6 Å². The van der Waals surface area contributed by atoms with E-state index in [1.807, 2.05) is 0 Å². The summed E-state index contributed by atoms with van der Waals surface area (Å²) in [4.78, 5) is 13.4. The molecule has 0 aliphatic carbocycles. The highest BCUT2D eigenvalue weighted by molar-refractivity contribution is 9.08. The van der Waals surface area contributed by atoms with Crippen LogP contribution in [0.25, 0.3) is 0 Å². The smallest absolute Gasteiger partial charge is 0.358 e. The van der Waals surface area contributed by atoms with Crippen LogP contribution in [-0.2, 0) is 5.33 Å². The van der Waals surface area contributed by atoms with Gasteiger partial charge in [0.05, 0.1) is 5.56 Å². The van der Waals surface area contributed by atoms with Crippen LogP contribution in [0.3, 0.4) is 0 Å². The first kappa shape index (κ1) is 10.7. The summed E-state index contributed by atoms with van der Waals surface area (Å²) in [7, 11) is 0. The van der Waals surface area contributed by atoms with Gasteiger partial charge >= 0.3 is 5.82 Å². The SMILES string of the molecule is O=[N+]([O-])c1nc(Cl)c(Cl)cc1CBr. The van der Waals surface area contributed by atoms with E-state index in [2.05, 4.69) is 20.9 Å². The molecule has 0 aromatic carbocycles. The van der Waals surface area contributed by atoms with Gasteiger partial charge < -0.3 is 10.1 Å². The van der Waals surface area contributed by atoms with Crippen molar-refractivity contribution in [1.82, 2.24) is 4.98 Å². The summed E-state index contributed by atoms with van der Waals surface area (Å²) in [6.07, 6.45) is 0. The van der Waals surface area contributed by atoms with Gasteiger partial charge in [0.25, 0.3) is 5.15 Å². The van der Waals surface area contributed by atoms with Gasteiger partial charge in [0, 0.05) is 5.33 Å². The Morgan fingerprint density at radius 2 is 2.23 bits per heavy atom. The Morgan fingerprint density at radius 1 is 1.62 bits per heavy atom. The van der Waals surface area contributed by atoms with E-state index in [0.29, 0.717) is 10.9 Å². The van der Waals surface area contributed by atoms with Crippen LogP contribution in [0.15, 0.2) is 6.07 Å². The molecular formula is C6H3BrCl2N2O2. The second kappa shape index (κ2) is 4.21. The molecule has 1 aromatic rings. The van der Waals surface area contributed by atoms with E-state index in [1.165, 1.54) is 6.07 Å². The molecule has 0 atom stereocenters. The summed E-state index contributed by atoms with van der Waals surface area (Å²) in [5, 5.41) is 10.9. The third-order valence-electron chi connectivity index (χ3n) is 1.31. The number of alkyl halides is 1. The van der Waals surface area contributed by atoms with Crippen LogP contribution in [0.5, 0.6) is 0 Å². The summed E-state index contributed by atoms with van der Waals surface area (Å²) >= 11 is 14.2. The molecule has 4 nitrogen and oxygen atoms in total. The molecule has 0 saturated heterocycles. The summed E-state index contributed by atoms with van der Waals surface area (Å²) in [6.45, 7) is 0. The molecule has 1 rings (SSSR count). The van der Waals surface area contributed by atoms with Crippen molar-refractivity contribution in [2.45, 2.75) is 5.33 Å². The fraction of sp³-hybridized carbons (Fsp3) is 0.167. The van der Waals surface area contributed by atoms with Crippen LogP contribution < -0.4 is 0 Å². The summed E-state index contributed by atoms with van der Waals surface area (Å²) in [6, 6.07) is 1.42. The van der Waals surface area contributed by atoms with Crippen LogP contribution >= 0.6 is 39.1 Å². The third kappa shape index (κ3) is 2.30. The van der Waals surface area contributed by atoms with Gasteiger partial charge in [-0.15, -0.1) is 0 Å². The number of hydrogen-bond acceptors (Lipinski definition) is 3. The Kier molecular flexibility index (Phi) is 3.47. The maximum atomic E-state index is 10.5. The Hall–Kier alpha value is -0.390. The zero-order chi connectivity index (χ0) is 10.0. The Bertz CT molecular complexity index is 359. The molecule has 0 amide bonds. The normalized spacial score (nSPS) is 10.1. The van der Waals surface area contributed by atoms with Crippen LogP contribution in [0.4, 0.5) is 5.82 Å². The third-order valence-corrected chi connectivity index (χ3v) is 2.58. The lowest BCUT2D eigenvalue weighted by atomic mass is 10.3. The minimum absolute atomic E-state index is 0.0573. The quantitative estimate of drug-likeness (QED) is 0.363. The van der Waals surface area contributed by atoms with Crippen molar-refractivity contribution in [3.63, 3.8) is 0 Å². The minimum atomic E-state index is -0.598. The fourth-order valence-corrected chi connectivity index (χ4v) is 1.47. The molecule has 0 fully saturated rings. The molecule has 1 aromatic heterocycles. The van der Waals surface area contributed by atoms with Gasteiger partial charge in [0.15, 0.2) is 0 Å². The zero-order valence-corrected chi connectivity index (χ0v) is 9.23. The van der Waals surface area contributed by atoms with Gasteiger partial charge in [-0.2, -0.15) is 0 Å². The summed E-state index contributed by atoms with van der Waals surface area (Å²) in [5.41, 5.74) is 0.402. The maximum absolute atomic E-state index is 10.5. The number of aromatic nitrogens is 1. The van der Waals surface area contributed by atoms with Crippen molar-refractivity contribution in [1.29, 1.82) is 0 Å². The maximum Gasteiger partial charge on any atom is 0.369 e. The Morgan fingerprint density at radius 3 is 2.69 bits per heavy atom. The van der Waals surface area contributed by atoms with E-state index in [9.17, 15) is 10.1 Å². The highest BCUT2D eigenvalue weighted by Gasteiger charge is 2.18. The first-order valence-electron chi connectivity index (χ1n) is 3.11. The van der Waals surface area contributed by atoms with E-state index in [1.54, 1.807) is 0 Å². The van der Waals surface area contributed by atoms with Crippen molar-refractivity contribution >= 4 is 44.9 Å². The standard InChI is InChI=1S/C6H3BrCl2N2O2/c7-2-3-1-4(8)5(9)10-6(3)11(12)13/h1H,2H2. The van der Waals surface area contributed by atoms with E-state index >= 15 is 0 Å². The van der Waals surface area contributed by atoms with Crippen molar-refractivity contribution < 1.29 is 4.92 Å². The molecule has 1 heterocycles. The van der Waals surface area contributed by atoms with Crippen molar-refractivity contribution in [2.75, 3.05) is 0 Å². The Balaban J connectivity index is 3.33.